The molecule has 0 aliphatic heterocycles. The van der Waals surface area contributed by atoms with Crippen LogP contribution in [0, 0.1) is 5.41 Å². The maximum absolute atomic E-state index is 12.9. The second kappa shape index (κ2) is 7.93. The van der Waals surface area contributed by atoms with Crippen LogP contribution in [0.2, 0.25) is 0 Å². The fourth-order valence-corrected chi connectivity index (χ4v) is 3.82. The van der Waals surface area contributed by atoms with Crippen LogP contribution in [0.5, 0.6) is 0 Å². The minimum atomic E-state index is -0.736. The molecule has 0 unspecified atom stereocenters. The first-order chi connectivity index (χ1) is 12.5. The third-order valence-electron chi connectivity index (χ3n) is 5.31. The Bertz CT molecular complexity index is 860. The Labute approximate surface area is 169 Å². The van der Waals surface area contributed by atoms with Crippen molar-refractivity contribution in [2.75, 3.05) is 11.9 Å². The summed E-state index contributed by atoms with van der Waals surface area (Å²) in [5.41, 5.74) is 3.05. The van der Waals surface area contributed by atoms with Crippen LogP contribution < -0.4 is 4.90 Å². The van der Waals surface area contributed by atoms with Crippen molar-refractivity contribution in [3.05, 3.63) is 52.1 Å². The van der Waals surface area contributed by atoms with E-state index in [0.717, 1.165) is 16.6 Å². The molecular weight excluding hydrogens is 406 g/mol. The second-order valence-electron chi connectivity index (χ2n) is 7.72. The Hall–Kier alpha value is -2.01. The molecule has 2 rings (SSSR count). The molecule has 0 spiro atoms. The molecule has 0 radical (unpaired) electrons. The maximum atomic E-state index is 12.9. The number of rotatable bonds is 5. The van der Waals surface area contributed by atoms with Gasteiger partial charge in [-0.15, -0.1) is 0 Å². The van der Waals surface area contributed by atoms with Crippen molar-refractivity contribution in [1.29, 1.82) is 0 Å². The molecule has 1 aliphatic rings. The molecule has 0 heterocycles. The van der Waals surface area contributed by atoms with Crippen molar-refractivity contribution in [2.24, 2.45) is 5.41 Å². The molecule has 0 fully saturated rings. The van der Waals surface area contributed by atoms with Crippen molar-refractivity contribution in [3.8, 4) is 0 Å². The van der Waals surface area contributed by atoms with E-state index in [0.29, 0.717) is 22.3 Å². The van der Waals surface area contributed by atoms with Crippen molar-refractivity contribution < 1.29 is 14.4 Å². The molecule has 1 aromatic carbocycles. The van der Waals surface area contributed by atoms with Gasteiger partial charge in [0.2, 0.25) is 5.91 Å². The van der Waals surface area contributed by atoms with Crippen LogP contribution in [0.15, 0.2) is 46.6 Å². The average molecular weight is 432 g/mol. The molecule has 1 amide bonds. The number of carbonyl (C=O) groups is 3. The highest BCUT2D eigenvalue weighted by atomic mass is 79.9. The lowest BCUT2D eigenvalue weighted by Gasteiger charge is -2.32. The smallest absolute Gasteiger partial charge is 0.227 e. The molecule has 4 nitrogen and oxygen atoms in total. The number of Topliss-reactive ketones (excluding diaryl/α,β-unsaturated/α-hetero) is 2. The summed E-state index contributed by atoms with van der Waals surface area (Å²) in [7, 11) is 1.73. The Kier molecular flexibility index (Phi) is 6.25. The number of ketones is 2. The normalized spacial score (nSPS) is 15.5. The number of carbonyl (C=O) groups excluding carboxylic acids is 3. The van der Waals surface area contributed by atoms with Crippen molar-refractivity contribution in [1.82, 2.24) is 0 Å². The number of anilines is 1. The van der Waals surface area contributed by atoms with E-state index in [1.165, 1.54) is 0 Å². The van der Waals surface area contributed by atoms with Crippen molar-refractivity contribution >= 4 is 39.1 Å². The lowest BCUT2D eigenvalue weighted by molar-refractivity contribution is -0.121. The van der Waals surface area contributed by atoms with Gasteiger partial charge in [-0.1, -0.05) is 41.9 Å². The topological polar surface area (TPSA) is 54.5 Å². The van der Waals surface area contributed by atoms with Gasteiger partial charge in [-0.25, -0.2) is 0 Å². The summed E-state index contributed by atoms with van der Waals surface area (Å²) >= 11 is 3.41. The predicted octanol–water partition coefficient (Wildman–Crippen LogP) is 4.77. The van der Waals surface area contributed by atoms with E-state index in [9.17, 15) is 14.4 Å². The van der Waals surface area contributed by atoms with Crippen molar-refractivity contribution in [2.45, 2.75) is 46.4 Å². The molecular formula is C22H26BrNO3. The van der Waals surface area contributed by atoms with Gasteiger partial charge in [-0.3, -0.25) is 14.4 Å². The Balaban J connectivity index is 2.27. The van der Waals surface area contributed by atoms with Crippen LogP contribution in [-0.4, -0.2) is 24.5 Å². The van der Waals surface area contributed by atoms with Gasteiger partial charge < -0.3 is 4.90 Å². The quantitative estimate of drug-likeness (QED) is 0.498. The van der Waals surface area contributed by atoms with Gasteiger partial charge >= 0.3 is 0 Å². The molecule has 0 atom stereocenters. The third-order valence-corrected chi connectivity index (χ3v) is 5.96. The highest BCUT2D eigenvalue weighted by Crippen LogP contribution is 2.39. The zero-order valence-electron chi connectivity index (χ0n) is 16.8. The molecule has 0 N–H and O–H groups in total. The summed E-state index contributed by atoms with van der Waals surface area (Å²) in [6.45, 7) is 8.74. The van der Waals surface area contributed by atoms with E-state index in [4.69, 9.17) is 0 Å². The number of nitrogens with zero attached hydrogens (tertiary/aromatic N) is 1. The minimum absolute atomic E-state index is 0.101. The van der Waals surface area contributed by atoms with Crippen LogP contribution >= 0.6 is 15.9 Å². The van der Waals surface area contributed by atoms with E-state index >= 15 is 0 Å². The molecule has 0 saturated heterocycles. The van der Waals surface area contributed by atoms with Gasteiger partial charge in [0, 0.05) is 52.2 Å². The summed E-state index contributed by atoms with van der Waals surface area (Å²) < 4.78 is 0. The number of alkyl halides is 1. The highest BCUT2D eigenvalue weighted by Gasteiger charge is 2.38. The molecule has 1 aromatic rings. The van der Waals surface area contributed by atoms with Crippen LogP contribution in [0.25, 0.3) is 0 Å². The molecule has 0 aromatic heterocycles. The summed E-state index contributed by atoms with van der Waals surface area (Å²) in [5, 5.41) is 0.758. The predicted molar refractivity (Wildman–Crippen MR) is 112 cm³/mol. The van der Waals surface area contributed by atoms with Gasteiger partial charge in [-0.2, -0.15) is 0 Å². The number of hydrogen-bond acceptors (Lipinski definition) is 3. The molecule has 27 heavy (non-hydrogen) atoms. The minimum Gasteiger partial charge on any atom is -0.315 e. The number of halogens is 1. The van der Waals surface area contributed by atoms with E-state index in [1.807, 2.05) is 38.1 Å². The van der Waals surface area contributed by atoms with E-state index in [-0.39, 0.29) is 23.9 Å². The third kappa shape index (κ3) is 4.13. The van der Waals surface area contributed by atoms with Crippen molar-refractivity contribution in [3.63, 3.8) is 0 Å². The van der Waals surface area contributed by atoms with Gasteiger partial charge in [0.15, 0.2) is 11.6 Å². The zero-order valence-corrected chi connectivity index (χ0v) is 18.4. The first kappa shape index (κ1) is 21.3. The van der Waals surface area contributed by atoms with Gasteiger partial charge in [-0.05, 0) is 38.5 Å². The molecule has 0 saturated carbocycles. The molecule has 144 valence electrons. The van der Waals surface area contributed by atoms with Gasteiger partial charge in [0.1, 0.15) is 0 Å². The van der Waals surface area contributed by atoms with E-state index in [2.05, 4.69) is 15.9 Å². The number of amides is 1. The Morgan fingerprint density at radius 1 is 0.963 bits per heavy atom. The standard InChI is InChI=1S/C22H26BrNO3/c1-13-14(2)21(27)19(15(3)20(13)26)22(4,5)11-18(25)24(6)17-9-7-16(12-23)8-10-17/h7-10H,11-12H2,1-6H3. The monoisotopic (exact) mass is 431 g/mol. The lowest BCUT2D eigenvalue weighted by Crippen LogP contribution is -2.36. The first-order valence-electron chi connectivity index (χ1n) is 8.91. The fraction of sp³-hybridized carbons (Fsp3) is 0.409. The van der Waals surface area contributed by atoms with Crippen LogP contribution in [-0.2, 0) is 19.7 Å². The lowest BCUT2D eigenvalue weighted by atomic mass is 9.71. The maximum Gasteiger partial charge on any atom is 0.227 e. The molecule has 5 heteroatoms. The highest BCUT2D eigenvalue weighted by molar-refractivity contribution is 9.08. The SMILES string of the molecule is CC1=C(C)C(=O)C(C(C)(C)CC(=O)N(C)c2ccc(CBr)cc2)=C(C)C1=O. The summed E-state index contributed by atoms with van der Waals surface area (Å²) in [6.07, 6.45) is 0.141. The zero-order chi connectivity index (χ0) is 20.5. The van der Waals surface area contributed by atoms with Gasteiger partial charge in [0.25, 0.3) is 0 Å². The first-order valence-corrected chi connectivity index (χ1v) is 10.0. The Morgan fingerprint density at radius 3 is 2.00 bits per heavy atom. The molecule has 1 aliphatic carbocycles. The summed E-state index contributed by atoms with van der Waals surface area (Å²) in [5.74, 6) is -0.343. The second-order valence-corrected chi connectivity index (χ2v) is 8.28. The van der Waals surface area contributed by atoms with E-state index in [1.54, 1.807) is 32.7 Å². The van der Waals surface area contributed by atoms with Crippen LogP contribution in [0.1, 0.15) is 46.6 Å². The molecule has 0 bridgehead atoms. The fourth-order valence-electron chi connectivity index (χ4n) is 3.45. The summed E-state index contributed by atoms with van der Waals surface area (Å²) in [6, 6.07) is 7.73. The van der Waals surface area contributed by atoms with E-state index < -0.39 is 5.41 Å². The number of hydrogen-bond donors (Lipinski definition) is 0. The number of allylic oxidation sites excluding steroid dienone is 4. The summed E-state index contributed by atoms with van der Waals surface area (Å²) in [4.78, 5) is 39.8. The number of benzene rings is 1. The van der Waals surface area contributed by atoms with Crippen LogP contribution in [0.4, 0.5) is 5.69 Å². The largest absolute Gasteiger partial charge is 0.315 e. The van der Waals surface area contributed by atoms with Crippen LogP contribution in [0.3, 0.4) is 0 Å². The average Bonchev–Trinajstić information content (AvgIpc) is 2.63. The Morgan fingerprint density at radius 2 is 1.48 bits per heavy atom. The van der Waals surface area contributed by atoms with Gasteiger partial charge in [0.05, 0.1) is 0 Å².